The minimum absolute atomic E-state index is 0.335. The molecule has 2 heteroatoms. The highest BCUT2D eigenvalue weighted by atomic mass is 16.5. The van der Waals surface area contributed by atoms with Crippen molar-refractivity contribution in [1.29, 1.82) is 0 Å². The van der Waals surface area contributed by atoms with Crippen molar-refractivity contribution in [3.63, 3.8) is 0 Å². The number of ether oxygens (including phenoxy) is 1. The molecule has 3 rings (SSSR count). The van der Waals surface area contributed by atoms with Crippen LogP contribution in [-0.2, 0) is 0 Å². The molecule has 0 amide bonds. The van der Waals surface area contributed by atoms with Gasteiger partial charge in [0, 0.05) is 0 Å². The van der Waals surface area contributed by atoms with E-state index >= 15 is 0 Å². The molecule has 25 heavy (non-hydrogen) atoms. The second-order valence-corrected chi connectivity index (χ2v) is 6.56. The molecule has 0 aliphatic heterocycles. The Bertz CT molecular complexity index is 842. The predicted octanol–water partition coefficient (Wildman–Crippen LogP) is 6.00. The number of benzene rings is 3. The lowest BCUT2D eigenvalue weighted by Crippen LogP contribution is -2.08. The van der Waals surface area contributed by atoms with Crippen molar-refractivity contribution in [3.8, 4) is 16.9 Å². The predicted molar refractivity (Wildman–Crippen MR) is 102 cm³/mol. The Hall–Kier alpha value is -2.87. The Balaban J connectivity index is 1.70. The van der Waals surface area contributed by atoms with Crippen molar-refractivity contribution in [2.45, 2.75) is 26.7 Å². The SMILES string of the molecule is Cc1ccc(-c2ccc(OC(=O)c3ccc(C(C)C)cc3)cc2)cc1. The molecule has 0 aliphatic carbocycles. The lowest BCUT2D eigenvalue weighted by atomic mass is 10.0. The Morgan fingerprint density at radius 2 is 1.28 bits per heavy atom. The molecule has 2 nitrogen and oxygen atoms in total. The zero-order valence-corrected chi connectivity index (χ0v) is 14.8. The lowest BCUT2D eigenvalue weighted by Gasteiger charge is -2.08. The van der Waals surface area contributed by atoms with Crippen LogP contribution >= 0.6 is 0 Å². The van der Waals surface area contributed by atoms with Gasteiger partial charge in [0.1, 0.15) is 5.75 Å². The quantitative estimate of drug-likeness (QED) is 0.433. The van der Waals surface area contributed by atoms with Crippen LogP contribution in [0.4, 0.5) is 0 Å². The Labute approximate surface area is 149 Å². The maximum atomic E-state index is 12.3. The summed E-state index contributed by atoms with van der Waals surface area (Å²) in [5.74, 6) is 0.659. The van der Waals surface area contributed by atoms with Gasteiger partial charge < -0.3 is 4.74 Å². The molecule has 0 unspecified atom stereocenters. The van der Waals surface area contributed by atoms with E-state index in [0.29, 0.717) is 17.2 Å². The number of hydrogen-bond acceptors (Lipinski definition) is 2. The van der Waals surface area contributed by atoms with Crippen LogP contribution in [0.2, 0.25) is 0 Å². The summed E-state index contributed by atoms with van der Waals surface area (Å²) < 4.78 is 5.47. The number of carbonyl (C=O) groups excluding carboxylic acids is 1. The van der Waals surface area contributed by atoms with Crippen LogP contribution < -0.4 is 4.74 Å². The van der Waals surface area contributed by atoms with Crippen LogP contribution in [0.1, 0.15) is 41.3 Å². The number of esters is 1. The van der Waals surface area contributed by atoms with Gasteiger partial charge in [-0.15, -0.1) is 0 Å². The van der Waals surface area contributed by atoms with Crippen LogP contribution in [0.5, 0.6) is 5.75 Å². The summed E-state index contributed by atoms with van der Waals surface area (Å²) in [6.45, 7) is 6.33. The van der Waals surface area contributed by atoms with Gasteiger partial charge in [-0.25, -0.2) is 4.79 Å². The molecule has 0 fully saturated rings. The Kier molecular flexibility index (Phi) is 4.99. The first-order chi connectivity index (χ1) is 12.0. The third kappa shape index (κ3) is 4.16. The molecule has 0 atom stereocenters. The number of hydrogen-bond donors (Lipinski definition) is 0. The summed E-state index contributed by atoms with van der Waals surface area (Å²) in [6.07, 6.45) is 0. The van der Waals surface area contributed by atoms with Gasteiger partial charge in [0.15, 0.2) is 0 Å². The van der Waals surface area contributed by atoms with E-state index in [0.717, 1.165) is 11.1 Å². The monoisotopic (exact) mass is 330 g/mol. The summed E-state index contributed by atoms with van der Waals surface area (Å²) >= 11 is 0. The smallest absolute Gasteiger partial charge is 0.343 e. The van der Waals surface area contributed by atoms with Crippen molar-refractivity contribution in [1.82, 2.24) is 0 Å². The Morgan fingerprint density at radius 3 is 1.80 bits per heavy atom. The second kappa shape index (κ2) is 7.35. The number of carbonyl (C=O) groups is 1. The largest absolute Gasteiger partial charge is 0.423 e. The fourth-order valence-electron chi connectivity index (χ4n) is 2.63. The van der Waals surface area contributed by atoms with Gasteiger partial charge in [0.2, 0.25) is 0 Å². The maximum absolute atomic E-state index is 12.3. The van der Waals surface area contributed by atoms with Gasteiger partial charge in [-0.05, 0) is 53.8 Å². The minimum atomic E-state index is -0.335. The van der Waals surface area contributed by atoms with Crippen LogP contribution in [0.15, 0.2) is 72.8 Å². The Morgan fingerprint density at radius 1 is 0.760 bits per heavy atom. The van der Waals surface area contributed by atoms with Crippen LogP contribution in [0, 0.1) is 6.92 Å². The normalized spacial score (nSPS) is 10.7. The van der Waals surface area contributed by atoms with E-state index in [2.05, 4.69) is 45.0 Å². The minimum Gasteiger partial charge on any atom is -0.423 e. The highest BCUT2D eigenvalue weighted by Crippen LogP contribution is 2.23. The molecular formula is C23H22O2. The molecule has 0 saturated carbocycles. The molecule has 3 aromatic carbocycles. The highest BCUT2D eigenvalue weighted by molar-refractivity contribution is 5.91. The second-order valence-electron chi connectivity index (χ2n) is 6.56. The van der Waals surface area contributed by atoms with Gasteiger partial charge in [0.05, 0.1) is 5.56 Å². The summed E-state index contributed by atoms with van der Waals surface area (Å²) in [7, 11) is 0. The standard InChI is InChI=1S/C23H22O2/c1-16(2)18-8-10-21(11-9-18)23(24)25-22-14-12-20(13-15-22)19-6-4-17(3)5-7-19/h4-16H,1-3H3. The van der Waals surface area contributed by atoms with E-state index < -0.39 is 0 Å². The van der Waals surface area contributed by atoms with E-state index in [1.807, 2.05) is 48.5 Å². The molecule has 0 spiro atoms. The van der Waals surface area contributed by atoms with Gasteiger partial charge in [0.25, 0.3) is 0 Å². The van der Waals surface area contributed by atoms with Gasteiger partial charge >= 0.3 is 5.97 Å². The fourth-order valence-corrected chi connectivity index (χ4v) is 2.63. The fraction of sp³-hybridized carbons (Fsp3) is 0.174. The zero-order valence-electron chi connectivity index (χ0n) is 14.8. The molecule has 0 bridgehead atoms. The molecule has 0 radical (unpaired) electrons. The van der Waals surface area contributed by atoms with E-state index in [9.17, 15) is 4.79 Å². The van der Waals surface area contributed by atoms with Crippen molar-refractivity contribution in [3.05, 3.63) is 89.5 Å². The number of aryl methyl sites for hydroxylation is 1. The molecule has 0 aromatic heterocycles. The summed E-state index contributed by atoms with van der Waals surface area (Å²) in [4.78, 5) is 12.3. The molecule has 0 saturated heterocycles. The van der Waals surface area contributed by atoms with Crippen molar-refractivity contribution in [2.75, 3.05) is 0 Å². The first kappa shape index (κ1) is 17.0. The molecule has 3 aromatic rings. The average Bonchev–Trinajstić information content (AvgIpc) is 2.63. The molecule has 0 heterocycles. The van der Waals surface area contributed by atoms with Crippen molar-refractivity contribution in [2.24, 2.45) is 0 Å². The third-order valence-corrected chi connectivity index (χ3v) is 4.26. The van der Waals surface area contributed by atoms with Crippen LogP contribution in [0.25, 0.3) is 11.1 Å². The summed E-state index contributed by atoms with van der Waals surface area (Å²) in [5.41, 5.74) is 5.25. The van der Waals surface area contributed by atoms with Gasteiger partial charge in [-0.2, -0.15) is 0 Å². The topological polar surface area (TPSA) is 26.3 Å². The molecule has 0 aliphatic rings. The summed E-state index contributed by atoms with van der Waals surface area (Å²) in [6, 6.07) is 23.5. The van der Waals surface area contributed by atoms with E-state index in [1.165, 1.54) is 11.1 Å². The van der Waals surface area contributed by atoms with E-state index in [1.54, 1.807) is 0 Å². The zero-order chi connectivity index (χ0) is 17.8. The van der Waals surface area contributed by atoms with Crippen molar-refractivity contribution >= 4 is 5.97 Å². The third-order valence-electron chi connectivity index (χ3n) is 4.26. The van der Waals surface area contributed by atoms with Gasteiger partial charge in [-0.3, -0.25) is 0 Å². The van der Waals surface area contributed by atoms with Crippen molar-refractivity contribution < 1.29 is 9.53 Å². The summed E-state index contributed by atoms with van der Waals surface area (Å²) in [5, 5.41) is 0. The maximum Gasteiger partial charge on any atom is 0.343 e. The number of rotatable bonds is 4. The first-order valence-corrected chi connectivity index (χ1v) is 8.52. The van der Waals surface area contributed by atoms with Crippen LogP contribution in [0.3, 0.4) is 0 Å². The lowest BCUT2D eigenvalue weighted by molar-refractivity contribution is 0.0735. The van der Waals surface area contributed by atoms with Gasteiger partial charge in [-0.1, -0.05) is 67.9 Å². The first-order valence-electron chi connectivity index (χ1n) is 8.52. The average molecular weight is 330 g/mol. The van der Waals surface area contributed by atoms with E-state index in [-0.39, 0.29) is 5.97 Å². The molecule has 0 N–H and O–H groups in total. The molecular weight excluding hydrogens is 308 g/mol. The van der Waals surface area contributed by atoms with E-state index in [4.69, 9.17) is 4.74 Å². The highest BCUT2D eigenvalue weighted by Gasteiger charge is 2.09. The molecule has 126 valence electrons. The van der Waals surface area contributed by atoms with Crippen LogP contribution in [-0.4, -0.2) is 5.97 Å².